The molecule has 0 saturated carbocycles. The lowest BCUT2D eigenvalue weighted by Gasteiger charge is -2.36. The van der Waals surface area contributed by atoms with Crippen molar-refractivity contribution in [3.05, 3.63) is 52.7 Å². The summed E-state index contributed by atoms with van der Waals surface area (Å²) in [7, 11) is 0. The van der Waals surface area contributed by atoms with Crippen LogP contribution in [-0.4, -0.2) is 35.4 Å². The van der Waals surface area contributed by atoms with Crippen LogP contribution >= 0.6 is 24.0 Å². The van der Waals surface area contributed by atoms with Crippen LogP contribution in [0.2, 0.25) is 5.02 Å². The highest BCUT2D eigenvalue weighted by Gasteiger charge is 2.30. The molecule has 1 aromatic heterocycles. The Labute approximate surface area is 140 Å². The van der Waals surface area contributed by atoms with Gasteiger partial charge in [0.1, 0.15) is 5.76 Å². The fraction of sp³-hybridized carbons (Fsp3) is 0.333. The molecule has 1 saturated heterocycles. The van der Waals surface area contributed by atoms with Crippen molar-refractivity contribution < 1.29 is 9.21 Å². The molecule has 1 aliphatic rings. The third-order valence-corrected chi connectivity index (χ3v) is 3.92. The summed E-state index contributed by atoms with van der Waals surface area (Å²) < 4.78 is 5.14. The van der Waals surface area contributed by atoms with Crippen molar-refractivity contribution in [1.29, 1.82) is 0 Å². The average Bonchev–Trinajstić information content (AvgIpc) is 2.93. The zero-order chi connectivity index (χ0) is 14.8. The summed E-state index contributed by atoms with van der Waals surface area (Å²) in [4.78, 5) is 18.6. The van der Waals surface area contributed by atoms with Gasteiger partial charge >= 0.3 is 0 Å². The average molecular weight is 342 g/mol. The van der Waals surface area contributed by atoms with E-state index in [2.05, 4.69) is 10.3 Å². The van der Waals surface area contributed by atoms with E-state index in [1.165, 1.54) is 6.39 Å². The van der Waals surface area contributed by atoms with Crippen LogP contribution in [0, 0.1) is 6.92 Å². The molecule has 5 nitrogen and oxygen atoms in total. The number of rotatable bonds is 2. The molecule has 2 heterocycles. The Morgan fingerprint density at radius 1 is 1.50 bits per heavy atom. The first-order chi connectivity index (χ1) is 10.2. The van der Waals surface area contributed by atoms with E-state index in [4.69, 9.17) is 16.0 Å². The van der Waals surface area contributed by atoms with Crippen LogP contribution in [0.15, 0.2) is 35.1 Å². The van der Waals surface area contributed by atoms with Crippen LogP contribution < -0.4 is 5.32 Å². The third kappa shape index (κ3) is 3.27. The maximum Gasteiger partial charge on any atom is 0.276 e. The van der Waals surface area contributed by atoms with Gasteiger partial charge in [-0.15, -0.1) is 12.4 Å². The number of amides is 1. The van der Waals surface area contributed by atoms with E-state index in [0.717, 1.165) is 12.1 Å². The number of hydrogen-bond donors (Lipinski definition) is 1. The number of aromatic nitrogens is 1. The Morgan fingerprint density at radius 3 is 3.00 bits per heavy atom. The zero-order valence-corrected chi connectivity index (χ0v) is 13.7. The van der Waals surface area contributed by atoms with Crippen LogP contribution in [0.1, 0.15) is 27.9 Å². The molecule has 1 aromatic carbocycles. The molecule has 1 amide bonds. The molecule has 7 heteroatoms. The second-order valence-electron chi connectivity index (χ2n) is 5.03. The Balaban J connectivity index is 0.00000176. The molecule has 1 aliphatic heterocycles. The second-order valence-corrected chi connectivity index (χ2v) is 5.47. The molecule has 0 aliphatic carbocycles. The number of carbonyl (C=O) groups is 1. The Kier molecular flexibility index (Phi) is 5.45. The number of aryl methyl sites for hydroxylation is 1. The molecule has 22 heavy (non-hydrogen) atoms. The van der Waals surface area contributed by atoms with Crippen LogP contribution in [0.4, 0.5) is 0 Å². The number of nitrogens with one attached hydrogen (secondary N) is 1. The summed E-state index contributed by atoms with van der Waals surface area (Å²) in [5, 5.41) is 3.99. The monoisotopic (exact) mass is 341 g/mol. The van der Waals surface area contributed by atoms with Gasteiger partial charge in [-0.1, -0.05) is 23.7 Å². The quantitative estimate of drug-likeness (QED) is 0.912. The Hall–Kier alpha value is -1.56. The lowest BCUT2D eigenvalue weighted by Crippen LogP contribution is -2.48. The van der Waals surface area contributed by atoms with Crippen molar-refractivity contribution in [2.45, 2.75) is 13.0 Å². The number of oxazole rings is 1. The minimum absolute atomic E-state index is 0. The highest BCUT2D eigenvalue weighted by Crippen LogP contribution is 2.26. The van der Waals surface area contributed by atoms with Gasteiger partial charge in [0, 0.05) is 24.7 Å². The lowest BCUT2D eigenvalue weighted by atomic mass is 10.0. The van der Waals surface area contributed by atoms with Gasteiger partial charge in [0.15, 0.2) is 12.1 Å². The minimum Gasteiger partial charge on any atom is -0.448 e. The fourth-order valence-corrected chi connectivity index (χ4v) is 2.80. The van der Waals surface area contributed by atoms with E-state index in [1.54, 1.807) is 6.92 Å². The molecule has 0 bridgehead atoms. The van der Waals surface area contributed by atoms with Gasteiger partial charge in [-0.25, -0.2) is 4.98 Å². The van der Waals surface area contributed by atoms with Crippen molar-refractivity contribution in [2.75, 3.05) is 19.6 Å². The summed E-state index contributed by atoms with van der Waals surface area (Å²) in [6.07, 6.45) is 1.30. The highest BCUT2D eigenvalue weighted by atomic mass is 35.5. The number of hydrogen-bond acceptors (Lipinski definition) is 4. The minimum atomic E-state index is -0.104. The largest absolute Gasteiger partial charge is 0.448 e. The lowest BCUT2D eigenvalue weighted by molar-refractivity contribution is 0.0627. The van der Waals surface area contributed by atoms with Crippen molar-refractivity contribution in [3.63, 3.8) is 0 Å². The van der Waals surface area contributed by atoms with E-state index >= 15 is 0 Å². The van der Waals surface area contributed by atoms with Gasteiger partial charge in [0.05, 0.1) is 6.04 Å². The summed E-state index contributed by atoms with van der Waals surface area (Å²) in [6.45, 7) is 3.84. The SMILES string of the molecule is Cc1ocnc1C(=O)N1CCNCC1c1cccc(Cl)c1.Cl. The van der Waals surface area contributed by atoms with Gasteiger partial charge in [-0.2, -0.15) is 0 Å². The van der Waals surface area contributed by atoms with Gasteiger partial charge in [0.25, 0.3) is 5.91 Å². The first kappa shape index (κ1) is 16.8. The van der Waals surface area contributed by atoms with E-state index in [9.17, 15) is 4.79 Å². The standard InChI is InChI=1S/C15H16ClN3O2.ClH/c1-10-14(18-9-21-10)15(20)19-6-5-17-8-13(19)11-3-2-4-12(16)7-11;/h2-4,7,9,13,17H,5-6,8H2,1H3;1H. The summed E-state index contributed by atoms with van der Waals surface area (Å²) in [5.74, 6) is 0.441. The molecular weight excluding hydrogens is 325 g/mol. The molecule has 0 spiro atoms. The van der Waals surface area contributed by atoms with E-state index < -0.39 is 0 Å². The maximum absolute atomic E-state index is 12.7. The smallest absolute Gasteiger partial charge is 0.276 e. The number of nitrogens with zero attached hydrogens (tertiary/aromatic N) is 2. The first-order valence-electron chi connectivity index (χ1n) is 6.84. The molecular formula is C15H17Cl2N3O2. The van der Waals surface area contributed by atoms with E-state index in [0.29, 0.717) is 29.6 Å². The molecule has 1 atom stereocenters. The number of piperazine rings is 1. The van der Waals surface area contributed by atoms with Gasteiger partial charge < -0.3 is 14.6 Å². The number of carbonyl (C=O) groups excluding carboxylic acids is 1. The van der Waals surface area contributed by atoms with Gasteiger partial charge in [-0.3, -0.25) is 4.79 Å². The van der Waals surface area contributed by atoms with Crippen molar-refractivity contribution in [3.8, 4) is 0 Å². The van der Waals surface area contributed by atoms with E-state index in [1.807, 2.05) is 29.2 Å². The molecule has 2 aromatic rings. The molecule has 1 N–H and O–H groups in total. The van der Waals surface area contributed by atoms with Crippen LogP contribution in [0.5, 0.6) is 0 Å². The normalized spacial score (nSPS) is 17.9. The highest BCUT2D eigenvalue weighted by molar-refractivity contribution is 6.30. The van der Waals surface area contributed by atoms with Crippen molar-refractivity contribution in [1.82, 2.24) is 15.2 Å². The van der Waals surface area contributed by atoms with Gasteiger partial charge in [0.2, 0.25) is 0 Å². The molecule has 3 rings (SSSR count). The number of benzene rings is 1. The second kappa shape index (κ2) is 7.13. The summed E-state index contributed by atoms with van der Waals surface area (Å²) in [5.41, 5.74) is 1.40. The van der Waals surface area contributed by atoms with Gasteiger partial charge in [-0.05, 0) is 24.6 Å². The van der Waals surface area contributed by atoms with E-state index in [-0.39, 0.29) is 24.4 Å². The molecule has 1 fully saturated rings. The van der Waals surface area contributed by atoms with Crippen LogP contribution in [0.3, 0.4) is 0 Å². The fourth-order valence-electron chi connectivity index (χ4n) is 2.61. The summed E-state index contributed by atoms with van der Waals surface area (Å²) in [6, 6.07) is 7.56. The first-order valence-corrected chi connectivity index (χ1v) is 7.22. The van der Waals surface area contributed by atoms with Crippen LogP contribution in [-0.2, 0) is 0 Å². The molecule has 1 unspecified atom stereocenters. The molecule has 118 valence electrons. The predicted molar refractivity (Wildman–Crippen MR) is 86.6 cm³/mol. The summed E-state index contributed by atoms with van der Waals surface area (Å²) >= 11 is 6.06. The van der Waals surface area contributed by atoms with Crippen molar-refractivity contribution in [2.24, 2.45) is 0 Å². The number of halogens is 2. The molecule has 0 radical (unpaired) electrons. The third-order valence-electron chi connectivity index (χ3n) is 3.69. The maximum atomic E-state index is 12.7. The predicted octanol–water partition coefficient (Wildman–Crippen LogP) is 2.84. The Morgan fingerprint density at radius 2 is 2.32 bits per heavy atom. The van der Waals surface area contributed by atoms with Crippen LogP contribution in [0.25, 0.3) is 0 Å². The topological polar surface area (TPSA) is 58.4 Å². The van der Waals surface area contributed by atoms with Crippen molar-refractivity contribution >= 4 is 29.9 Å². The Bertz CT molecular complexity index is 660. The zero-order valence-electron chi connectivity index (χ0n) is 12.1.